The van der Waals surface area contributed by atoms with Crippen molar-refractivity contribution in [3.05, 3.63) is 33.8 Å². The lowest BCUT2D eigenvalue weighted by atomic mass is 9.96. The summed E-state index contributed by atoms with van der Waals surface area (Å²) < 4.78 is 45.0. The molecule has 2 atom stereocenters. The molecule has 172 valence electrons. The van der Waals surface area contributed by atoms with Crippen LogP contribution in [0, 0.1) is 0 Å². The molecule has 0 radical (unpaired) electrons. The van der Waals surface area contributed by atoms with Crippen LogP contribution in [-0.2, 0) is 22.6 Å². The number of rotatable bonds is 2. The molecule has 10 heteroatoms. The second-order valence-corrected chi connectivity index (χ2v) is 9.63. The van der Waals surface area contributed by atoms with E-state index in [4.69, 9.17) is 16.3 Å². The van der Waals surface area contributed by atoms with Crippen molar-refractivity contribution in [1.82, 2.24) is 9.80 Å². The Morgan fingerprint density at radius 3 is 2.39 bits per heavy atom. The highest BCUT2D eigenvalue weighted by Gasteiger charge is 2.57. The molecule has 0 spiro atoms. The van der Waals surface area contributed by atoms with Gasteiger partial charge in [0.1, 0.15) is 5.60 Å². The summed E-state index contributed by atoms with van der Waals surface area (Å²) >= 11 is 6.26. The number of carbonyl (C=O) groups is 2. The summed E-state index contributed by atoms with van der Waals surface area (Å²) in [7, 11) is 0. The SMILES string of the molecule is CC(C)(C)OC(=O)N1CCC[C@H]1c1cc(Cl)cc2c1CN(C(=O)[C@](C)(O)C(F)(F)F)C2. The maximum Gasteiger partial charge on any atom is 0.426 e. The number of ether oxygens (including phenoxy) is 1. The minimum Gasteiger partial charge on any atom is -0.444 e. The topological polar surface area (TPSA) is 70.1 Å². The van der Waals surface area contributed by atoms with Gasteiger partial charge in [-0.1, -0.05) is 11.6 Å². The van der Waals surface area contributed by atoms with Gasteiger partial charge in [-0.3, -0.25) is 4.79 Å². The monoisotopic (exact) mass is 462 g/mol. The lowest BCUT2D eigenvalue weighted by Gasteiger charge is -2.30. The van der Waals surface area contributed by atoms with Crippen molar-refractivity contribution >= 4 is 23.6 Å². The fourth-order valence-corrected chi connectivity index (χ4v) is 4.25. The Labute approximate surface area is 183 Å². The average Bonchev–Trinajstić information content (AvgIpc) is 3.24. The largest absolute Gasteiger partial charge is 0.444 e. The molecule has 1 N–H and O–H groups in total. The number of benzene rings is 1. The molecule has 0 bridgehead atoms. The summed E-state index contributed by atoms with van der Waals surface area (Å²) in [5, 5.41) is 10.2. The first-order valence-corrected chi connectivity index (χ1v) is 10.4. The van der Waals surface area contributed by atoms with Gasteiger partial charge in [0.2, 0.25) is 5.60 Å². The molecule has 1 aromatic carbocycles. The van der Waals surface area contributed by atoms with E-state index in [0.717, 1.165) is 11.3 Å². The molecule has 0 aliphatic carbocycles. The van der Waals surface area contributed by atoms with E-state index in [0.29, 0.717) is 41.6 Å². The van der Waals surface area contributed by atoms with E-state index in [2.05, 4.69) is 0 Å². The summed E-state index contributed by atoms with van der Waals surface area (Å²) in [6, 6.07) is 2.92. The van der Waals surface area contributed by atoms with Crippen molar-refractivity contribution in [3.63, 3.8) is 0 Å². The number of halogens is 4. The zero-order valence-electron chi connectivity index (χ0n) is 17.8. The predicted octanol–water partition coefficient (Wildman–Crippen LogP) is 4.57. The lowest BCUT2D eigenvalue weighted by molar-refractivity contribution is -0.250. The normalized spacial score (nSPS) is 21.1. The molecule has 1 saturated heterocycles. The van der Waals surface area contributed by atoms with E-state index in [1.54, 1.807) is 37.8 Å². The summed E-state index contributed by atoms with van der Waals surface area (Å²) in [5.74, 6) is -1.42. The second-order valence-electron chi connectivity index (χ2n) is 9.20. The second kappa shape index (κ2) is 7.85. The van der Waals surface area contributed by atoms with Gasteiger partial charge >= 0.3 is 12.3 Å². The highest BCUT2D eigenvalue weighted by molar-refractivity contribution is 6.30. The molecule has 2 aliphatic heterocycles. The van der Waals surface area contributed by atoms with Crippen LogP contribution in [0.15, 0.2) is 12.1 Å². The highest BCUT2D eigenvalue weighted by Crippen LogP contribution is 2.41. The van der Waals surface area contributed by atoms with Crippen LogP contribution in [0.5, 0.6) is 0 Å². The van der Waals surface area contributed by atoms with Gasteiger partial charge in [-0.15, -0.1) is 0 Å². The third-order valence-electron chi connectivity index (χ3n) is 5.55. The van der Waals surface area contributed by atoms with Crippen LogP contribution in [-0.4, -0.2) is 50.8 Å². The molecule has 0 saturated carbocycles. The number of hydrogen-bond acceptors (Lipinski definition) is 4. The number of nitrogens with zero attached hydrogens (tertiary/aromatic N) is 2. The van der Waals surface area contributed by atoms with Crippen molar-refractivity contribution < 1.29 is 32.6 Å². The van der Waals surface area contributed by atoms with Crippen LogP contribution >= 0.6 is 11.6 Å². The molecule has 0 aromatic heterocycles. The maximum atomic E-state index is 13.2. The lowest BCUT2D eigenvalue weighted by Crippen LogP contribution is -2.54. The molecular weight excluding hydrogens is 437 g/mol. The first-order valence-electron chi connectivity index (χ1n) is 10.0. The summed E-state index contributed by atoms with van der Waals surface area (Å²) in [5.41, 5.74) is -2.23. The Bertz CT molecular complexity index is 896. The van der Waals surface area contributed by atoms with Crippen LogP contribution < -0.4 is 0 Å². The van der Waals surface area contributed by atoms with Crippen LogP contribution in [0.4, 0.5) is 18.0 Å². The third-order valence-corrected chi connectivity index (χ3v) is 5.77. The fourth-order valence-electron chi connectivity index (χ4n) is 4.00. The van der Waals surface area contributed by atoms with E-state index in [9.17, 15) is 27.9 Å². The number of aliphatic hydroxyl groups is 1. The molecule has 2 aliphatic rings. The quantitative estimate of drug-likeness (QED) is 0.699. The number of likely N-dealkylation sites (tertiary alicyclic amines) is 1. The smallest absolute Gasteiger partial charge is 0.426 e. The Kier molecular flexibility index (Phi) is 5.99. The Morgan fingerprint density at radius 2 is 1.81 bits per heavy atom. The average molecular weight is 463 g/mol. The Morgan fingerprint density at radius 1 is 1.16 bits per heavy atom. The molecule has 3 rings (SSSR count). The van der Waals surface area contributed by atoms with Gasteiger partial charge < -0.3 is 19.6 Å². The zero-order chi connectivity index (χ0) is 23.4. The van der Waals surface area contributed by atoms with Gasteiger partial charge in [0.25, 0.3) is 5.91 Å². The van der Waals surface area contributed by atoms with Gasteiger partial charge in [-0.05, 0) is 69.4 Å². The van der Waals surface area contributed by atoms with E-state index < -0.39 is 29.4 Å². The van der Waals surface area contributed by atoms with Crippen molar-refractivity contribution in [2.75, 3.05) is 6.54 Å². The fraction of sp³-hybridized carbons (Fsp3) is 0.619. The highest BCUT2D eigenvalue weighted by atomic mass is 35.5. The number of amides is 2. The van der Waals surface area contributed by atoms with Gasteiger partial charge in [0.15, 0.2) is 0 Å². The minimum atomic E-state index is -5.10. The van der Waals surface area contributed by atoms with Gasteiger partial charge in [-0.25, -0.2) is 4.79 Å². The number of carbonyl (C=O) groups excluding carboxylic acids is 2. The Balaban J connectivity index is 1.91. The van der Waals surface area contributed by atoms with E-state index in [1.807, 2.05) is 0 Å². The first kappa shape index (κ1) is 23.7. The number of fused-ring (bicyclic) bond motifs is 1. The standard InChI is InChI=1S/C21H26ClF3N2O4/c1-19(2,3)31-18(29)27-7-5-6-16(27)14-9-13(22)8-12-10-26(11-15(12)14)17(28)20(4,30)21(23,24)25/h8-9,16,30H,5-7,10-11H2,1-4H3/t16-,20-/m0/s1. The molecule has 2 amide bonds. The molecular formula is C21H26ClF3N2O4. The predicted molar refractivity (Wildman–Crippen MR) is 107 cm³/mol. The van der Waals surface area contributed by atoms with Crippen LogP contribution in [0.3, 0.4) is 0 Å². The van der Waals surface area contributed by atoms with E-state index in [-0.39, 0.29) is 19.1 Å². The van der Waals surface area contributed by atoms with Gasteiger partial charge in [0.05, 0.1) is 6.04 Å². The van der Waals surface area contributed by atoms with E-state index >= 15 is 0 Å². The van der Waals surface area contributed by atoms with Crippen molar-refractivity contribution in [2.24, 2.45) is 0 Å². The number of alkyl halides is 3. The first-order chi connectivity index (χ1) is 14.1. The zero-order valence-corrected chi connectivity index (χ0v) is 18.6. The Hall–Kier alpha value is -2.00. The van der Waals surface area contributed by atoms with Crippen LogP contribution in [0.2, 0.25) is 5.02 Å². The summed E-state index contributed by atoms with van der Waals surface area (Å²) in [4.78, 5) is 27.7. The van der Waals surface area contributed by atoms with Gasteiger partial charge in [0, 0.05) is 24.7 Å². The minimum absolute atomic E-state index is 0.104. The number of hydrogen-bond donors (Lipinski definition) is 1. The molecule has 6 nitrogen and oxygen atoms in total. The summed E-state index contributed by atoms with van der Waals surface area (Å²) in [6.07, 6.45) is -4.20. The summed E-state index contributed by atoms with van der Waals surface area (Å²) in [6.45, 7) is 6.02. The third kappa shape index (κ3) is 4.62. The molecule has 2 heterocycles. The van der Waals surface area contributed by atoms with E-state index in [1.165, 1.54) is 0 Å². The van der Waals surface area contributed by atoms with Crippen LogP contribution in [0.1, 0.15) is 63.3 Å². The van der Waals surface area contributed by atoms with Crippen molar-refractivity contribution in [2.45, 2.75) is 77.0 Å². The van der Waals surface area contributed by atoms with Crippen molar-refractivity contribution in [3.8, 4) is 0 Å². The molecule has 0 unspecified atom stereocenters. The molecule has 31 heavy (non-hydrogen) atoms. The van der Waals surface area contributed by atoms with Crippen molar-refractivity contribution in [1.29, 1.82) is 0 Å². The van der Waals surface area contributed by atoms with Crippen LogP contribution in [0.25, 0.3) is 0 Å². The molecule has 1 fully saturated rings. The maximum absolute atomic E-state index is 13.2. The van der Waals surface area contributed by atoms with Gasteiger partial charge in [-0.2, -0.15) is 13.2 Å². The molecule has 1 aromatic rings.